The summed E-state index contributed by atoms with van der Waals surface area (Å²) in [6.07, 6.45) is -3.28. The molecule has 24 heavy (non-hydrogen) atoms. The molecule has 1 N–H and O–H groups in total. The second-order valence-corrected chi connectivity index (χ2v) is 8.22. The third kappa shape index (κ3) is 5.35. The number of guanidine groups is 1. The second kappa shape index (κ2) is 8.53. The molecule has 1 aromatic rings. The van der Waals surface area contributed by atoms with E-state index in [4.69, 9.17) is 0 Å². The first-order valence-corrected chi connectivity index (χ1v) is 9.43. The minimum Gasteiger partial charge on any atom is -0.356 e. The molecule has 0 amide bonds. The number of nitrogens with one attached hydrogen (secondary N) is 1. The molecule has 1 atom stereocenters. The molecule has 9 heteroatoms. The van der Waals surface area contributed by atoms with Gasteiger partial charge in [0, 0.05) is 44.6 Å². The molecular weight excluding hydrogens is 405 g/mol. The Balaban J connectivity index is 1.78. The molecule has 0 spiro atoms. The largest absolute Gasteiger partial charge is 0.403 e. The van der Waals surface area contributed by atoms with E-state index in [2.05, 4.69) is 32.3 Å². The molecule has 0 aliphatic carbocycles. The van der Waals surface area contributed by atoms with Gasteiger partial charge in [0.2, 0.25) is 0 Å². The average molecular weight is 427 g/mol. The highest BCUT2D eigenvalue weighted by Crippen LogP contribution is 2.25. The lowest BCUT2D eigenvalue weighted by Gasteiger charge is -2.39. The van der Waals surface area contributed by atoms with E-state index in [1.54, 1.807) is 18.4 Å². The number of alkyl halides is 3. The molecule has 1 aromatic heterocycles. The fourth-order valence-corrected chi connectivity index (χ4v) is 4.13. The summed E-state index contributed by atoms with van der Waals surface area (Å²) in [7, 11) is 1.70. The zero-order valence-corrected chi connectivity index (χ0v) is 16.1. The van der Waals surface area contributed by atoms with Crippen molar-refractivity contribution < 1.29 is 13.2 Å². The van der Waals surface area contributed by atoms with Gasteiger partial charge in [-0.25, -0.2) is 0 Å². The third-order valence-electron chi connectivity index (χ3n) is 4.13. The maximum absolute atomic E-state index is 12.8. The van der Waals surface area contributed by atoms with E-state index >= 15 is 0 Å². The van der Waals surface area contributed by atoms with Crippen LogP contribution in [0.5, 0.6) is 0 Å². The summed E-state index contributed by atoms with van der Waals surface area (Å²) in [4.78, 5) is 9.02. The summed E-state index contributed by atoms with van der Waals surface area (Å²) in [5.41, 5.74) is 0. The first-order chi connectivity index (χ1) is 11.3. The van der Waals surface area contributed by atoms with Crippen molar-refractivity contribution in [2.75, 3.05) is 39.8 Å². The van der Waals surface area contributed by atoms with Crippen LogP contribution in [0.25, 0.3) is 0 Å². The van der Waals surface area contributed by atoms with E-state index in [0.717, 1.165) is 22.7 Å². The summed E-state index contributed by atoms with van der Waals surface area (Å²) in [6.45, 7) is 3.84. The van der Waals surface area contributed by atoms with Gasteiger partial charge in [-0.3, -0.25) is 9.89 Å². The van der Waals surface area contributed by atoms with E-state index < -0.39 is 12.2 Å². The number of nitrogens with zero attached hydrogens (tertiary/aromatic N) is 3. The average Bonchev–Trinajstić information content (AvgIpc) is 2.96. The van der Waals surface area contributed by atoms with Gasteiger partial charge in [0.25, 0.3) is 0 Å². The molecule has 2 rings (SSSR count). The highest BCUT2D eigenvalue weighted by molar-refractivity contribution is 9.11. The van der Waals surface area contributed by atoms with E-state index in [1.807, 2.05) is 11.0 Å². The molecule has 2 heterocycles. The molecule has 0 aromatic carbocycles. The third-order valence-corrected chi connectivity index (χ3v) is 5.81. The van der Waals surface area contributed by atoms with Crippen LogP contribution in [-0.4, -0.2) is 67.7 Å². The fourth-order valence-electron chi connectivity index (χ4n) is 2.64. The van der Waals surface area contributed by atoms with Crippen molar-refractivity contribution in [1.82, 2.24) is 15.1 Å². The van der Waals surface area contributed by atoms with Gasteiger partial charge in [0.05, 0.1) is 3.79 Å². The Labute approximate surface area is 152 Å². The first kappa shape index (κ1) is 19.5. The molecule has 1 saturated heterocycles. The Kier molecular flexibility index (Phi) is 6.94. The van der Waals surface area contributed by atoms with Gasteiger partial charge in [-0.15, -0.1) is 11.3 Å². The Morgan fingerprint density at radius 1 is 1.33 bits per heavy atom. The number of hydrogen-bond acceptors (Lipinski definition) is 3. The minimum atomic E-state index is -4.17. The smallest absolute Gasteiger partial charge is 0.356 e. The maximum atomic E-state index is 12.8. The number of aliphatic imine (C=N–C) groups is 1. The maximum Gasteiger partial charge on any atom is 0.403 e. The Morgan fingerprint density at radius 3 is 2.50 bits per heavy atom. The van der Waals surface area contributed by atoms with Crippen molar-refractivity contribution in [2.24, 2.45) is 4.99 Å². The molecule has 136 valence electrons. The lowest BCUT2D eigenvalue weighted by molar-refractivity contribution is -0.181. The molecule has 1 aliphatic rings. The highest BCUT2D eigenvalue weighted by Gasteiger charge is 2.41. The van der Waals surface area contributed by atoms with Crippen molar-refractivity contribution in [3.8, 4) is 0 Å². The summed E-state index contributed by atoms with van der Waals surface area (Å²) in [6, 6.07) is 2.71. The van der Waals surface area contributed by atoms with Gasteiger partial charge >= 0.3 is 6.18 Å². The van der Waals surface area contributed by atoms with Gasteiger partial charge in [-0.05, 0) is 41.4 Å². The quantitative estimate of drug-likeness (QED) is 0.592. The van der Waals surface area contributed by atoms with Crippen LogP contribution in [0.3, 0.4) is 0 Å². The van der Waals surface area contributed by atoms with Crippen LogP contribution >= 0.6 is 27.3 Å². The Morgan fingerprint density at radius 2 is 2.00 bits per heavy atom. The van der Waals surface area contributed by atoms with Crippen LogP contribution in [0.15, 0.2) is 20.9 Å². The van der Waals surface area contributed by atoms with Gasteiger partial charge < -0.3 is 10.2 Å². The standard InChI is InChI=1S/C15H22BrF3N4S/c1-11(15(17,18)19)22-7-9-23(10-8-22)14(20-2)21-6-5-12-3-4-13(16)24-12/h3-4,11H,5-10H2,1-2H3,(H,20,21). The molecule has 0 radical (unpaired) electrons. The van der Waals surface area contributed by atoms with Crippen LogP contribution in [0.1, 0.15) is 11.8 Å². The predicted molar refractivity (Wildman–Crippen MR) is 95.7 cm³/mol. The van der Waals surface area contributed by atoms with Crippen molar-refractivity contribution in [3.63, 3.8) is 0 Å². The molecule has 1 aliphatic heterocycles. The summed E-state index contributed by atoms with van der Waals surface area (Å²) >= 11 is 5.14. The van der Waals surface area contributed by atoms with Gasteiger partial charge in [-0.1, -0.05) is 0 Å². The van der Waals surface area contributed by atoms with Crippen molar-refractivity contribution >= 4 is 33.2 Å². The number of piperazine rings is 1. The van der Waals surface area contributed by atoms with Gasteiger partial charge in [0.1, 0.15) is 6.04 Å². The van der Waals surface area contributed by atoms with Gasteiger partial charge in [-0.2, -0.15) is 13.2 Å². The normalized spacial score (nSPS) is 18.8. The Hall–Kier alpha value is -0.800. The molecule has 1 fully saturated rings. The van der Waals surface area contributed by atoms with Crippen molar-refractivity contribution in [2.45, 2.75) is 25.6 Å². The summed E-state index contributed by atoms with van der Waals surface area (Å²) < 4.78 is 39.5. The number of thiophene rings is 1. The van der Waals surface area contributed by atoms with E-state index in [1.165, 1.54) is 16.7 Å². The van der Waals surface area contributed by atoms with Crippen LogP contribution in [0.2, 0.25) is 0 Å². The van der Waals surface area contributed by atoms with E-state index in [-0.39, 0.29) is 0 Å². The second-order valence-electron chi connectivity index (χ2n) is 5.67. The zero-order chi connectivity index (χ0) is 17.7. The number of rotatable bonds is 4. The monoisotopic (exact) mass is 426 g/mol. The van der Waals surface area contributed by atoms with E-state index in [9.17, 15) is 13.2 Å². The van der Waals surface area contributed by atoms with Crippen LogP contribution in [0.4, 0.5) is 13.2 Å². The van der Waals surface area contributed by atoms with Crippen LogP contribution < -0.4 is 5.32 Å². The van der Waals surface area contributed by atoms with Gasteiger partial charge in [0.15, 0.2) is 5.96 Å². The number of halogens is 4. The minimum absolute atomic E-state index is 0.388. The lowest BCUT2D eigenvalue weighted by Crippen LogP contribution is -2.56. The van der Waals surface area contributed by atoms with E-state index in [0.29, 0.717) is 26.2 Å². The molecule has 0 saturated carbocycles. The summed E-state index contributed by atoms with van der Waals surface area (Å²) in [5.74, 6) is 0.755. The Bertz CT molecular complexity index is 553. The molecule has 1 unspecified atom stereocenters. The fraction of sp³-hybridized carbons (Fsp3) is 0.667. The first-order valence-electron chi connectivity index (χ1n) is 7.82. The zero-order valence-electron chi connectivity index (χ0n) is 13.7. The van der Waals surface area contributed by atoms with Crippen LogP contribution in [-0.2, 0) is 6.42 Å². The SMILES string of the molecule is CN=C(NCCc1ccc(Br)s1)N1CCN(C(C)C(F)(F)F)CC1. The highest BCUT2D eigenvalue weighted by atomic mass is 79.9. The topological polar surface area (TPSA) is 30.9 Å². The predicted octanol–water partition coefficient (Wildman–Crippen LogP) is 3.20. The molecule has 4 nitrogen and oxygen atoms in total. The lowest BCUT2D eigenvalue weighted by atomic mass is 10.2. The van der Waals surface area contributed by atoms with Crippen molar-refractivity contribution in [1.29, 1.82) is 0 Å². The van der Waals surface area contributed by atoms with Crippen LogP contribution in [0, 0.1) is 0 Å². The number of hydrogen-bond donors (Lipinski definition) is 1. The molecular formula is C15H22BrF3N4S. The van der Waals surface area contributed by atoms with Crippen molar-refractivity contribution in [3.05, 3.63) is 20.8 Å². The molecule has 0 bridgehead atoms. The summed E-state index contributed by atoms with van der Waals surface area (Å²) in [5, 5.41) is 3.30.